The molecule has 0 bridgehead atoms. The predicted molar refractivity (Wildman–Crippen MR) is 90.7 cm³/mol. The van der Waals surface area contributed by atoms with Gasteiger partial charge in [0, 0.05) is 18.8 Å². The Morgan fingerprint density at radius 2 is 1.70 bits per heavy atom. The standard InChI is InChI=1S/C18H32N2/c1-4-14-19-15-10-6-7-11-16-20(5-2)18-13-9-8-12-17(18)3/h8-9,12-13,19H,4-7,10-11,14-16H2,1-3H3. The summed E-state index contributed by atoms with van der Waals surface area (Å²) in [5.41, 5.74) is 2.79. The molecule has 0 aliphatic rings. The van der Waals surface area contributed by atoms with Crippen molar-refractivity contribution in [3.05, 3.63) is 29.8 Å². The van der Waals surface area contributed by atoms with Crippen molar-refractivity contribution < 1.29 is 0 Å². The van der Waals surface area contributed by atoms with Gasteiger partial charge in [-0.2, -0.15) is 0 Å². The SMILES string of the molecule is CCCNCCCCCCN(CC)c1ccccc1C. The average Bonchev–Trinajstić information content (AvgIpc) is 2.47. The summed E-state index contributed by atoms with van der Waals surface area (Å²) in [5, 5.41) is 3.47. The van der Waals surface area contributed by atoms with Crippen LogP contribution in [0.5, 0.6) is 0 Å². The Hall–Kier alpha value is -1.02. The summed E-state index contributed by atoms with van der Waals surface area (Å²) in [6, 6.07) is 8.71. The van der Waals surface area contributed by atoms with Crippen LogP contribution in [0.3, 0.4) is 0 Å². The largest absolute Gasteiger partial charge is 0.372 e. The maximum absolute atomic E-state index is 3.47. The number of unbranched alkanes of at least 4 members (excludes halogenated alkanes) is 3. The van der Waals surface area contributed by atoms with Crippen LogP contribution in [-0.4, -0.2) is 26.2 Å². The summed E-state index contributed by atoms with van der Waals surface area (Å²) in [6.07, 6.45) is 6.55. The first-order valence-corrected chi connectivity index (χ1v) is 8.30. The minimum absolute atomic E-state index is 1.10. The second kappa shape index (κ2) is 10.7. The van der Waals surface area contributed by atoms with Gasteiger partial charge in [-0.15, -0.1) is 0 Å². The molecule has 0 aliphatic carbocycles. The van der Waals surface area contributed by atoms with E-state index in [1.807, 2.05) is 0 Å². The van der Waals surface area contributed by atoms with E-state index in [-0.39, 0.29) is 0 Å². The number of anilines is 1. The zero-order chi connectivity index (χ0) is 14.6. The highest BCUT2D eigenvalue weighted by atomic mass is 15.1. The number of nitrogens with one attached hydrogen (secondary N) is 1. The maximum atomic E-state index is 3.47. The van der Waals surface area contributed by atoms with Gasteiger partial charge >= 0.3 is 0 Å². The minimum Gasteiger partial charge on any atom is -0.372 e. The molecule has 20 heavy (non-hydrogen) atoms. The zero-order valence-corrected chi connectivity index (χ0v) is 13.6. The molecule has 0 saturated carbocycles. The van der Waals surface area contributed by atoms with Crippen LogP contribution in [0.25, 0.3) is 0 Å². The summed E-state index contributed by atoms with van der Waals surface area (Å²) >= 11 is 0. The highest BCUT2D eigenvalue weighted by molar-refractivity contribution is 5.52. The number of aryl methyl sites for hydroxylation is 1. The van der Waals surface area contributed by atoms with Gasteiger partial charge < -0.3 is 10.2 Å². The molecule has 0 unspecified atom stereocenters. The van der Waals surface area contributed by atoms with E-state index in [1.165, 1.54) is 56.4 Å². The number of para-hydroxylation sites is 1. The molecule has 0 aliphatic heterocycles. The normalized spacial score (nSPS) is 10.8. The number of benzene rings is 1. The van der Waals surface area contributed by atoms with E-state index in [2.05, 4.69) is 55.3 Å². The molecule has 0 radical (unpaired) electrons. The summed E-state index contributed by atoms with van der Waals surface area (Å²) in [5.74, 6) is 0. The second-order valence-corrected chi connectivity index (χ2v) is 5.53. The molecule has 2 heteroatoms. The van der Waals surface area contributed by atoms with Crippen molar-refractivity contribution in [3.63, 3.8) is 0 Å². The van der Waals surface area contributed by atoms with E-state index in [0.717, 1.165) is 13.1 Å². The maximum Gasteiger partial charge on any atom is 0.0395 e. The third-order valence-corrected chi connectivity index (χ3v) is 3.80. The van der Waals surface area contributed by atoms with Crippen LogP contribution in [0.2, 0.25) is 0 Å². The summed E-state index contributed by atoms with van der Waals surface area (Å²) in [7, 11) is 0. The third kappa shape index (κ3) is 6.42. The van der Waals surface area contributed by atoms with Crippen molar-refractivity contribution in [2.45, 2.75) is 52.9 Å². The third-order valence-electron chi connectivity index (χ3n) is 3.80. The number of hydrogen-bond donors (Lipinski definition) is 1. The van der Waals surface area contributed by atoms with Crippen molar-refractivity contribution in [1.82, 2.24) is 5.32 Å². The fourth-order valence-electron chi connectivity index (χ4n) is 2.58. The zero-order valence-electron chi connectivity index (χ0n) is 13.6. The number of nitrogens with zero attached hydrogens (tertiary/aromatic N) is 1. The first-order valence-electron chi connectivity index (χ1n) is 8.30. The van der Waals surface area contributed by atoms with Crippen LogP contribution < -0.4 is 10.2 Å². The molecule has 1 N–H and O–H groups in total. The lowest BCUT2D eigenvalue weighted by atomic mass is 10.1. The lowest BCUT2D eigenvalue weighted by molar-refractivity contribution is 0.581. The van der Waals surface area contributed by atoms with Crippen molar-refractivity contribution in [2.75, 3.05) is 31.1 Å². The molecule has 2 nitrogen and oxygen atoms in total. The lowest BCUT2D eigenvalue weighted by Gasteiger charge is -2.25. The summed E-state index contributed by atoms with van der Waals surface area (Å²) < 4.78 is 0. The molecule has 0 saturated heterocycles. The van der Waals surface area contributed by atoms with Crippen molar-refractivity contribution in [1.29, 1.82) is 0 Å². The van der Waals surface area contributed by atoms with Crippen molar-refractivity contribution >= 4 is 5.69 Å². The highest BCUT2D eigenvalue weighted by Crippen LogP contribution is 2.19. The molecule has 114 valence electrons. The molecular weight excluding hydrogens is 244 g/mol. The highest BCUT2D eigenvalue weighted by Gasteiger charge is 2.05. The van der Waals surface area contributed by atoms with Crippen LogP contribution in [-0.2, 0) is 0 Å². The second-order valence-electron chi connectivity index (χ2n) is 5.53. The molecule has 1 aromatic carbocycles. The molecule has 1 aromatic rings. The van der Waals surface area contributed by atoms with E-state index in [1.54, 1.807) is 0 Å². The first kappa shape index (κ1) is 17.0. The molecule has 0 spiro atoms. The quantitative estimate of drug-likeness (QED) is 0.603. The Kier molecular flexibility index (Phi) is 9.14. The Balaban J connectivity index is 2.18. The summed E-state index contributed by atoms with van der Waals surface area (Å²) in [6.45, 7) is 11.3. The molecule has 1 rings (SSSR count). The Morgan fingerprint density at radius 1 is 0.950 bits per heavy atom. The smallest absolute Gasteiger partial charge is 0.0395 e. The molecular formula is C18H32N2. The fourth-order valence-corrected chi connectivity index (χ4v) is 2.58. The Labute approximate surface area is 125 Å². The number of hydrogen-bond acceptors (Lipinski definition) is 2. The lowest BCUT2D eigenvalue weighted by Crippen LogP contribution is -2.24. The van der Waals surface area contributed by atoms with E-state index in [4.69, 9.17) is 0 Å². The summed E-state index contributed by atoms with van der Waals surface area (Å²) in [4.78, 5) is 2.50. The van der Waals surface area contributed by atoms with Gasteiger partial charge in [0.1, 0.15) is 0 Å². The average molecular weight is 276 g/mol. The van der Waals surface area contributed by atoms with Gasteiger partial charge in [-0.05, 0) is 57.8 Å². The fraction of sp³-hybridized carbons (Fsp3) is 0.667. The van der Waals surface area contributed by atoms with Crippen molar-refractivity contribution in [2.24, 2.45) is 0 Å². The van der Waals surface area contributed by atoms with Crippen LogP contribution in [0.15, 0.2) is 24.3 Å². The van der Waals surface area contributed by atoms with Crippen LogP contribution in [0.4, 0.5) is 5.69 Å². The van der Waals surface area contributed by atoms with Crippen LogP contribution in [0, 0.1) is 6.92 Å². The van der Waals surface area contributed by atoms with E-state index in [0.29, 0.717) is 0 Å². The first-order chi connectivity index (χ1) is 9.79. The molecule has 0 atom stereocenters. The Morgan fingerprint density at radius 3 is 2.40 bits per heavy atom. The Bertz CT molecular complexity index is 349. The molecule has 0 heterocycles. The van der Waals surface area contributed by atoms with E-state index in [9.17, 15) is 0 Å². The van der Waals surface area contributed by atoms with Gasteiger partial charge in [-0.25, -0.2) is 0 Å². The van der Waals surface area contributed by atoms with Crippen LogP contribution in [0.1, 0.15) is 51.5 Å². The predicted octanol–water partition coefficient (Wildman–Crippen LogP) is 4.38. The number of rotatable bonds is 11. The minimum atomic E-state index is 1.10. The van der Waals surface area contributed by atoms with Gasteiger partial charge in [0.15, 0.2) is 0 Å². The van der Waals surface area contributed by atoms with Gasteiger partial charge in [-0.1, -0.05) is 38.0 Å². The van der Waals surface area contributed by atoms with E-state index >= 15 is 0 Å². The van der Waals surface area contributed by atoms with E-state index < -0.39 is 0 Å². The van der Waals surface area contributed by atoms with Crippen molar-refractivity contribution in [3.8, 4) is 0 Å². The van der Waals surface area contributed by atoms with Crippen LogP contribution >= 0.6 is 0 Å². The molecule has 0 amide bonds. The topological polar surface area (TPSA) is 15.3 Å². The monoisotopic (exact) mass is 276 g/mol. The van der Waals surface area contributed by atoms with Gasteiger partial charge in [0.2, 0.25) is 0 Å². The van der Waals surface area contributed by atoms with Gasteiger partial charge in [0.05, 0.1) is 0 Å². The molecule has 0 aromatic heterocycles. The van der Waals surface area contributed by atoms with Gasteiger partial charge in [0.25, 0.3) is 0 Å². The molecule has 0 fully saturated rings. The van der Waals surface area contributed by atoms with Gasteiger partial charge in [-0.3, -0.25) is 0 Å².